The molecule has 0 atom stereocenters. The average Bonchev–Trinajstić information content (AvgIpc) is 3.23. The lowest BCUT2D eigenvalue weighted by Crippen LogP contribution is -2.20. The fourth-order valence-electron chi connectivity index (χ4n) is 3.09. The zero-order valence-corrected chi connectivity index (χ0v) is 15.9. The van der Waals surface area contributed by atoms with Gasteiger partial charge < -0.3 is 13.7 Å². The summed E-state index contributed by atoms with van der Waals surface area (Å²) >= 11 is 12.5. The van der Waals surface area contributed by atoms with E-state index in [9.17, 15) is 14.9 Å². The van der Waals surface area contributed by atoms with E-state index in [1.807, 2.05) is 0 Å². The summed E-state index contributed by atoms with van der Waals surface area (Å²) in [5, 5.41) is 15.2. The molecule has 4 aromatic rings. The first-order valence-electron chi connectivity index (χ1n) is 8.12. The SMILES string of the molecule is Cc1cc(Cn2c(=O)ccc3c2ccn3-c2c(Cl)cc([N+](=O)[O-])cc2Cl)no1. The minimum atomic E-state index is -0.563. The minimum Gasteiger partial charge on any atom is -0.361 e. The highest BCUT2D eigenvalue weighted by molar-refractivity contribution is 6.38. The molecule has 0 aliphatic rings. The van der Waals surface area contributed by atoms with Gasteiger partial charge in [0.25, 0.3) is 11.2 Å². The molecule has 0 fully saturated rings. The first-order chi connectivity index (χ1) is 13.3. The molecule has 0 amide bonds. The maximum Gasteiger partial charge on any atom is 0.272 e. The number of nitro benzene ring substituents is 1. The van der Waals surface area contributed by atoms with Crippen molar-refractivity contribution in [2.45, 2.75) is 13.5 Å². The van der Waals surface area contributed by atoms with Crippen LogP contribution >= 0.6 is 23.2 Å². The Balaban J connectivity index is 1.88. The average molecular weight is 419 g/mol. The number of nitrogens with zero attached hydrogens (tertiary/aromatic N) is 4. The molecule has 142 valence electrons. The molecular weight excluding hydrogens is 407 g/mol. The predicted molar refractivity (Wildman–Crippen MR) is 105 cm³/mol. The lowest BCUT2D eigenvalue weighted by atomic mass is 10.2. The second-order valence-corrected chi connectivity index (χ2v) is 6.97. The van der Waals surface area contributed by atoms with Crippen LogP contribution in [0.15, 0.2) is 51.9 Å². The summed E-state index contributed by atoms with van der Waals surface area (Å²) in [5.74, 6) is 0.650. The minimum absolute atomic E-state index is 0.126. The van der Waals surface area contributed by atoms with Gasteiger partial charge in [-0.05, 0) is 19.1 Å². The van der Waals surface area contributed by atoms with Crippen molar-refractivity contribution in [3.63, 3.8) is 0 Å². The van der Waals surface area contributed by atoms with E-state index in [0.717, 1.165) is 0 Å². The molecule has 8 nitrogen and oxygen atoms in total. The quantitative estimate of drug-likeness (QED) is 0.362. The van der Waals surface area contributed by atoms with E-state index in [4.69, 9.17) is 27.7 Å². The number of pyridine rings is 1. The van der Waals surface area contributed by atoms with Crippen LogP contribution in [-0.4, -0.2) is 19.2 Å². The van der Waals surface area contributed by atoms with Crippen LogP contribution in [0.2, 0.25) is 10.0 Å². The summed E-state index contributed by atoms with van der Waals surface area (Å²) in [6.07, 6.45) is 1.70. The van der Waals surface area contributed by atoms with Crippen molar-refractivity contribution in [1.29, 1.82) is 0 Å². The van der Waals surface area contributed by atoms with Gasteiger partial charge in [0.2, 0.25) is 0 Å². The highest BCUT2D eigenvalue weighted by Gasteiger charge is 2.18. The molecule has 0 radical (unpaired) electrons. The summed E-state index contributed by atoms with van der Waals surface area (Å²) in [7, 11) is 0. The largest absolute Gasteiger partial charge is 0.361 e. The Labute approximate surface area is 167 Å². The molecule has 0 spiro atoms. The molecule has 0 unspecified atom stereocenters. The van der Waals surface area contributed by atoms with Crippen LogP contribution in [-0.2, 0) is 6.54 Å². The monoisotopic (exact) mass is 418 g/mol. The lowest BCUT2D eigenvalue weighted by Gasteiger charge is -2.11. The van der Waals surface area contributed by atoms with Gasteiger partial charge >= 0.3 is 0 Å². The Morgan fingerprint density at radius 2 is 1.86 bits per heavy atom. The third-order valence-electron chi connectivity index (χ3n) is 4.29. The molecule has 3 aromatic heterocycles. The third kappa shape index (κ3) is 3.06. The van der Waals surface area contributed by atoms with E-state index in [1.165, 1.54) is 18.2 Å². The smallest absolute Gasteiger partial charge is 0.272 e. The number of rotatable bonds is 4. The molecule has 0 saturated heterocycles. The molecule has 0 aliphatic carbocycles. The standard InChI is InChI=1S/C18H12Cl2N4O4/c1-10-6-11(21-28-10)9-23-16-4-5-22(15(16)2-3-17(23)25)18-13(19)7-12(24(26)27)8-14(18)20/h2-8H,9H2,1H3. The molecule has 0 aliphatic heterocycles. The number of aryl methyl sites for hydroxylation is 1. The van der Waals surface area contributed by atoms with Crippen molar-refractivity contribution >= 4 is 39.9 Å². The van der Waals surface area contributed by atoms with Gasteiger partial charge in [0.05, 0.1) is 38.2 Å². The number of fused-ring (bicyclic) bond motifs is 1. The summed E-state index contributed by atoms with van der Waals surface area (Å²) in [6, 6.07) is 9.06. The number of hydrogen-bond donors (Lipinski definition) is 0. The second kappa shape index (κ2) is 6.81. The first kappa shape index (κ1) is 18.3. The lowest BCUT2D eigenvalue weighted by molar-refractivity contribution is -0.384. The van der Waals surface area contributed by atoms with Crippen LogP contribution in [0.25, 0.3) is 16.7 Å². The fraction of sp³-hybridized carbons (Fsp3) is 0.111. The molecule has 1 aromatic carbocycles. The molecule has 3 heterocycles. The summed E-state index contributed by atoms with van der Waals surface area (Å²) < 4.78 is 8.30. The van der Waals surface area contributed by atoms with E-state index in [1.54, 1.807) is 40.5 Å². The maximum absolute atomic E-state index is 12.4. The third-order valence-corrected chi connectivity index (χ3v) is 4.87. The van der Waals surface area contributed by atoms with Crippen LogP contribution in [0.5, 0.6) is 0 Å². The number of benzene rings is 1. The molecule has 4 rings (SSSR count). The topological polar surface area (TPSA) is 96.1 Å². The molecule has 28 heavy (non-hydrogen) atoms. The van der Waals surface area contributed by atoms with Gasteiger partial charge in [-0.1, -0.05) is 28.4 Å². The van der Waals surface area contributed by atoms with Crippen molar-refractivity contribution in [3.05, 3.63) is 84.6 Å². The van der Waals surface area contributed by atoms with Gasteiger partial charge in [-0.25, -0.2) is 0 Å². The molecule has 0 saturated carbocycles. The van der Waals surface area contributed by atoms with Gasteiger partial charge in [0.1, 0.15) is 11.5 Å². The Bertz CT molecular complexity index is 1270. The molecule has 0 bridgehead atoms. The molecular formula is C18H12Cl2N4O4. The summed E-state index contributed by atoms with van der Waals surface area (Å²) in [4.78, 5) is 22.9. The van der Waals surface area contributed by atoms with Gasteiger partial charge in [0.15, 0.2) is 0 Å². The zero-order valence-electron chi connectivity index (χ0n) is 14.4. The highest BCUT2D eigenvalue weighted by Crippen LogP contribution is 2.35. The van der Waals surface area contributed by atoms with Crippen molar-refractivity contribution in [3.8, 4) is 5.69 Å². The Morgan fingerprint density at radius 1 is 1.14 bits per heavy atom. The number of halogens is 2. The fourth-order valence-corrected chi connectivity index (χ4v) is 3.74. The number of nitro groups is 1. The first-order valence-corrected chi connectivity index (χ1v) is 8.87. The second-order valence-electron chi connectivity index (χ2n) is 6.16. The summed E-state index contributed by atoms with van der Waals surface area (Å²) in [5.41, 5.74) is 1.91. The number of aromatic nitrogens is 3. The van der Waals surface area contributed by atoms with Crippen molar-refractivity contribution in [2.75, 3.05) is 0 Å². The van der Waals surface area contributed by atoms with Crippen LogP contribution in [0.3, 0.4) is 0 Å². The molecule has 0 N–H and O–H groups in total. The normalized spacial score (nSPS) is 11.2. The van der Waals surface area contributed by atoms with Gasteiger partial charge in [0, 0.05) is 30.5 Å². The van der Waals surface area contributed by atoms with E-state index in [2.05, 4.69) is 5.16 Å². The van der Waals surface area contributed by atoms with Gasteiger partial charge in [-0.15, -0.1) is 0 Å². The Kier molecular flexibility index (Phi) is 4.44. The number of non-ortho nitro benzene ring substituents is 1. The highest BCUT2D eigenvalue weighted by atomic mass is 35.5. The summed E-state index contributed by atoms with van der Waals surface area (Å²) in [6.45, 7) is 2.01. The van der Waals surface area contributed by atoms with Crippen LogP contribution in [0.1, 0.15) is 11.5 Å². The zero-order chi connectivity index (χ0) is 20.0. The van der Waals surface area contributed by atoms with Crippen LogP contribution in [0, 0.1) is 17.0 Å². The van der Waals surface area contributed by atoms with E-state index < -0.39 is 4.92 Å². The predicted octanol–water partition coefficient (Wildman–Crippen LogP) is 4.35. The van der Waals surface area contributed by atoms with Gasteiger partial charge in [-0.2, -0.15) is 0 Å². The van der Waals surface area contributed by atoms with Crippen molar-refractivity contribution in [1.82, 2.24) is 14.3 Å². The van der Waals surface area contributed by atoms with Crippen molar-refractivity contribution in [2.24, 2.45) is 0 Å². The Hall–Kier alpha value is -3.10. The van der Waals surface area contributed by atoms with Gasteiger partial charge in [-0.3, -0.25) is 14.9 Å². The van der Waals surface area contributed by atoms with E-state index in [-0.39, 0.29) is 27.8 Å². The van der Waals surface area contributed by atoms with Crippen molar-refractivity contribution < 1.29 is 9.45 Å². The van der Waals surface area contributed by atoms with Crippen LogP contribution < -0.4 is 5.56 Å². The Morgan fingerprint density at radius 3 is 2.46 bits per heavy atom. The maximum atomic E-state index is 12.4. The van der Waals surface area contributed by atoms with Crippen LogP contribution in [0.4, 0.5) is 5.69 Å². The van der Waals surface area contributed by atoms with E-state index in [0.29, 0.717) is 28.2 Å². The number of hydrogen-bond acceptors (Lipinski definition) is 5. The molecule has 10 heteroatoms. The van der Waals surface area contributed by atoms with E-state index >= 15 is 0 Å².